The highest BCUT2D eigenvalue weighted by atomic mass is 19.1. The fraction of sp³-hybridized carbons (Fsp3) is 0.485. The van der Waals surface area contributed by atoms with Crippen molar-refractivity contribution in [2.24, 2.45) is 0 Å². The quantitative estimate of drug-likeness (QED) is 0.313. The smallest absolute Gasteiger partial charge is 0.319 e. The van der Waals surface area contributed by atoms with E-state index in [9.17, 15) is 5.26 Å². The molecule has 216 valence electrons. The lowest BCUT2D eigenvalue weighted by molar-refractivity contribution is 0.108. The number of anilines is 1. The van der Waals surface area contributed by atoms with Crippen molar-refractivity contribution < 1.29 is 9.13 Å². The molecule has 8 rings (SSSR count). The number of hydrogen-bond acceptors (Lipinski definition) is 7. The van der Waals surface area contributed by atoms with Gasteiger partial charge in [-0.2, -0.15) is 15.2 Å². The molecule has 2 N–H and O–H groups in total. The summed E-state index contributed by atoms with van der Waals surface area (Å²) in [6.45, 7) is 4.46. The Balaban J connectivity index is 1.23. The van der Waals surface area contributed by atoms with Crippen LogP contribution in [0.15, 0.2) is 36.5 Å². The van der Waals surface area contributed by atoms with Gasteiger partial charge in [0.05, 0.1) is 11.6 Å². The Bertz CT molecular complexity index is 1690. The van der Waals surface area contributed by atoms with E-state index in [1.54, 1.807) is 0 Å². The number of rotatable bonds is 7. The average molecular weight is 566 g/mol. The zero-order valence-corrected chi connectivity index (χ0v) is 23.8. The summed E-state index contributed by atoms with van der Waals surface area (Å²) in [5.41, 5.74) is 3.59. The van der Waals surface area contributed by atoms with Gasteiger partial charge in [0.25, 0.3) is 0 Å². The summed E-state index contributed by atoms with van der Waals surface area (Å²) in [6, 6.07) is 13.2. The molecule has 0 radical (unpaired) electrons. The molecule has 0 spiro atoms. The van der Waals surface area contributed by atoms with Gasteiger partial charge in [0, 0.05) is 65.2 Å². The number of halogens is 1. The Labute approximate surface area is 244 Å². The van der Waals surface area contributed by atoms with Crippen LogP contribution in [0.5, 0.6) is 6.01 Å². The first-order chi connectivity index (χ1) is 20.6. The van der Waals surface area contributed by atoms with Gasteiger partial charge in [-0.1, -0.05) is 18.2 Å². The van der Waals surface area contributed by atoms with E-state index in [-0.39, 0.29) is 17.4 Å². The van der Waals surface area contributed by atoms with Crippen LogP contribution in [-0.4, -0.2) is 70.3 Å². The summed E-state index contributed by atoms with van der Waals surface area (Å²) in [7, 11) is 0. The fourth-order valence-electron chi connectivity index (χ4n) is 8.14. The van der Waals surface area contributed by atoms with E-state index in [0.29, 0.717) is 42.6 Å². The van der Waals surface area contributed by atoms with Crippen LogP contribution in [0.3, 0.4) is 0 Å². The number of H-pyrrole nitrogens is 1. The first-order valence-corrected chi connectivity index (χ1v) is 15.5. The zero-order chi connectivity index (χ0) is 28.3. The van der Waals surface area contributed by atoms with E-state index in [1.807, 2.05) is 36.5 Å². The highest BCUT2D eigenvalue weighted by Gasteiger charge is 2.45. The fourth-order valence-corrected chi connectivity index (χ4v) is 8.14. The third kappa shape index (κ3) is 4.23. The number of aryl methyl sites for hydroxylation is 1. The molecule has 4 aliphatic rings. The molecule has 2 aromatic carbocycles. The van der Waals surface area contributed by atoms with Gasteiger partial charge in [-0.25, -0.2) is 4.39 Å². The van der Waals surface area contributed by atoms with Crippen molar-refractivity contribution in [3.63, 3.8) is 0 Å². The second kappa shape index (κ2) is 10.2. The standard InChI is InChI=1S/C33H36FN7O/c34-29-24(26-17-36-27-7-1-5-21(28(26)27)6-2-14-35)10-11-25-30(29)38-32(42-20-33-12-3-15-41(33)16-4-13-33)39-31(25)40-18-22-8-9-23(19-40)37-22/h1,5,7,10-11,17,22-23,36-37H,2-4,6,8-9,12-13,15-16,18-20H2/t22-,23+. The summed E-state index contributed by atoms with van der Waals surface area (Å²) in [6.07, 6.45) is 9.83. The first kappa shape index (κ1) is 25.9. The molecular weight excluding hydrogens is 529 g/mol. The van der Waals surface area contributed by atoms with Crippen LogP contribution in [0.4, 0.5) is 10.2 Å². The maximum Gasteiger partial charge on any atom is 0.319 e. The number of piperazine rings is 1. The first-order valence-electron chi connectivity index (χ1n) is 15.5. The van der Waals surface area contributed by atoms with E-state index in [4.69, 9.17) is 14.7 Å². The molecule has 42 heavy (non-hydrogen) atoms. The van der Waals surface area contributed by atoms with E-state index < -0.39 is 0 Å². The molecule has 0 unspecified atom stereocenters. The largest absolute Gasteiger partial charge is 0.461 e. The SMILES string of the molecule is N#CCCc1cccc2[nH]cc(-c3ccc4c(N5C[C@H]6CC[C@@H](C5)N6)nc(OCC56CCCN5CCC6)nc4c3F)c12. The Morgan fingerprint density at radius 3 is 2.64 bits per heavy atom. The number of hydrogen-bond donors (Lipinski definition) is 2. The van der Waals surface area contributed by atoms with Crippen molar-refractivity contribution in [2.45, 2.75) is 69.0 Å². The van der Waals surface area contributed by atoms with Crippen LogP contribution in [0.25, 0.3) is 32.9 Å². The molecule has 9 heteroatoms. The molecule has 2 atom stereocenters. The van der Waals surface area contributed by atoms with Crippen LogP contribution in [-0.2, 0) is 6.42 Å². The summed E-state index contributed by atoms with van der Waals surface area (Å²) in [5, 5.41) is 14.6. The molecule has 0 saturated carbocycles. The van der Waals surface area contributed by atoms with E-state index in [0.717, 1.165) is 85.1 Å². The maximum absolute atomic E-state index is 16.7. The average Bonchev–Trinajstić information content (AvgIpc) is 3.78. The van der Waals surface area contributed by atoms with Crippen molar-refractivity contribution in [3.8, 4) is 23.2 Å². The Kier molecular flexibility index (Phi) is 6.31. The molecule has 4 fully saturated rings. The van der Waals surface area contributed by atoms with Crippen LogP contribution >= 0.6 is 0 Å². The van der Waals surface area contributed by atoms with Crippen molar-refractivity contribution in [1.29, 1.82) is 5.26 Å². The summed E-state index contributed by atoms with van der Waals surface area (Å²) >= 11 is 0. The number of benzene rings is 2. The Morgan fingerprint density at radius 1 is 1.05 bits per heavy atom. The summed E-state index contributed by atoms with van der Waals surface area (Å²) in [4.78, 5) is 17.9. The van der Waals surface area contributed by atoms with Gasteiger partial charge < -0.3 is 19.9 Å². The third-order valence-corrected chi connectivity index (χ3v) is 10.2. The van der Waals surface area contributed by atoms with E-state index in [2.05, 4.69) is 26.2 Å². The second-order valence-corrected chi connectivity index (χ2v) is 12.6. The lowest BCUT2D eigenvalue weighted by Gasteiger charge is -2.34. The number of nitrogens with zero attached hydrogens (tertiary/aromatic N) is 5. The molecule has 8 nitrogen and oxygen atoms in total. The maximum atomic E-state index is 16.7. The van der Waals surface area contributed by atoms with Gasteiger partial charge in [-0.05, 0) is 75.7 Å². The molecule has 2 aromatic heterocycles. The number of ether oxygens (including phenoxy) is 1. The molecular formula is C33H36FN7O. The molecule has 2 bridgehead atoms. The lowest BCUT2D eigenvalue weighted by Crippen LogP contribution is -2.51. The van der Waals surface area contributed by atoms with Gasteiger partial charge in [-0.15, -0.1) is 0 Å². The van der Waals surface area contributed by atoms with Crippen molar-refractivity contribution in [1.82, 2.24) is 25.2 Å². The van der Waals surface area contributed by atoms with E-state index in [1.165, 1.54) is 12.8 Å². The minimum atomic E-state index is -0.364. The third-order valence-electron chi connectivity index (χ3n) is 10.2. The lowest BCUT2D eigenvalue weighted by atomic mass is 9.95. The van der Waals surface area contributed by atoms with Gasteiger partial charge in [0.15, 0.2) is 5.82 Å². The second-order valence-electron chi connectivity index (χ2n) is 12.6. The Morgan fingerprint density at radius 2 is 1.86 bits per heavy atom. The monoisotopic (exact) mass is 565 g/mol. The molecule has 4 aromatic rings. The minimum absolute atomic E-state index is 0.0525. The number of aromatic nitrogens is 3. The van der Waals surface area contributed by atoms with Gasteiger partial charge in [0.1, 0.15) is 17.9 Å². The Hall–Kier alpha value is -3.74. The molecule has 4 aliphatic heterocycles. The number of aromatic amines is 1. The predicted octanol–water partition coefficient (Wildman–Crippen LogP) is 5.32. The molecule has 6 heterocycles. The topological polar surface area (TPSA) is 93.1 Å². The minimum Gasteiger partial charge on any atom is -0.461 e. The van der Waals surface area contributed by atoms with Crippen LogP contribution < -0.4 is 15.0 Å². The van der Waals surface area contributed by atoms with Crippen LogP contribution in [0.2, 0.25) is 0 Å². The van der Waals surface area contributed by atoms with Gasteiger partial charge in [-0.3, -0.25) is 4.90 Å². The molecule has 0 aliphatic carbocycles. The normalized spacial score (nSPS) is 23.1. The number of nitrogens with one attached hydrogen (secondary N) is 2. The van der Waals surface area contributed by atoms with Crippen LogP contribution in [0.1, 0.15) is 50.5 Å². The number of nitriles is 1. The summed E-state index contributed by atoms with van der Waals surface area (Å²) < 4.78 is 23.2. The molecule has 0 amide bonds. The van der Waals surface area contributed by atoms with Gasteiger partial charge in [0.2, 0.25) is 0 Å². The van der Waals surface area contributed by atoms with Crippen molar-refractivity contribution in [3.05, 3.63) is 47.9 Å². The van der Waals surface area contributed by atoms with Crippen molar-refractivity contribution >= 4 is 27.6 Å². The molecule has 4 saturated heterocycles. The van der Waals surface area contributed by atoms with Crippen molar-refractivity contribution in [2.75, 3.05) is 37.7 Å². The van der Waals surface area contributed by atoms with Gasteiger partial charge >= 0.3 is 6.01 Å². The zero-order valence-electron chi connectivity index (χ0n) is 23.8. The van der Waals surface area contributed by atoms with Crippen LogP contribution in [0, 0.1) is 17.1 Å². The highest BCUT2D eigenvalue weighted by Crippen LogP contribution is 2.41. The summed E-state index contributed by atoms with van der Waals surface area (Å²) in [5.74, 6) is 0.399. The number of fused-ring (bicyclic) bond motifs is 5. The predicted molar refractivity (Wildman–Crippen MR) is 161 cm³/mol. The van der Waals surface area contributed by atoms with E-state index >= 15 is 4.39 Å². The highest BCUT2D eigenvalue weighted by molar-refractivity contribution is 6.01.